The van der Waals surface area contributed by atoms with Crippen LogP contribution in [0.4, 0.5) is 4.39 Å². The fraction of sp³-hybridized carbons (Fsp3) is 0.643. The number of alkyl halides is 1. The van der Waals surface area contributed by atoms with Gasteiger partial charge in [0.2, 0.25) is 0 Å². The van der Waals surface area contributed by atoms with Crippen LogP contribution in [-0.2, 0) is 0 Å². The minimum absolute atomic E-state index is 0.565. The van der Waals surface area contributed by atoms with Crippen molar-refractivity contribution in [2.75, 3.05) is 13.2 Å². The molecule has 5 heteroatoms. The van der Waals surface area contributed by atoms with E-state index in [9.17, 15) is 4.39 Å². The van der Waals surface area contributed by atoms with E-state index in [4.69, 9.17) is 9.47 Å². The van der Waals surface area contributed by atoms with Crippen LogP contribution >= 0.6 is 0 Å². The van der Waals surface area contributed by atoms with Crippen molar-refractivity contribution in [3.63, 3.8) is 0 Å². The van der Waals surface area contributed by atoms with Gasteiger partial charge in [-0.15, -0.1) is 0 Å². The highest BCUT2D eigenvalue weighted by molar-refractivity contribution is 5.56. The van der Waals surface area contributed by atoms with Crippen LogP contribution in [-0.4, -0.2) is 29.4 Å². The number of hydrogen-bond acceptors (Lipinski definition) is 4. The molecule has 2 aromatic rings. The predicted octanol–water partition coefficient (Wildman–Crippen LogP) is 8.35. The maximum Gasteiger partial charge on any atom is 0.159 e. The van der Waals surface area contributed by atoms with Gasteiger partial charge in [0, 0.05) is 5.56 Å². The van der Waals surface area contributed by atoms with Gasteiger partial charge in [-0.05, 0) is 56.4 Å². The van der Waals surface area contributed by atoms with E-state index in [-0.39, 0.29) is 0 Å². The third-order valence-corrected chi connectivity index (χ3v) is 5.81. The summed E-state index contributed by atoms with van der Waals surface area (Å²) < 4.78 is 25.3. The summed E-state index contributed by atoms with van der Waals surface area (Å²) in [7, 11) is 0. The summed E-state index contributed by atoms with van der Waals surface area (Å²) in [4.78, 5) is 8.84. The molecule has 1 unspecified atom stereocenters. The summed E-state index contributed by atoms with van der Waals surface area (Å²) in [6.07, 6.45) is 16.6. The van der Waals surface area contributed by atoms with E-state index in [2.05, 4.69) is 23.8 Å². The van der Waals surface area contributed by atoms with Gasteiger partial charge in [0.25, 0.3) is 0 Å². The predicted molar refractivity (Wildman–Crippen MR) is 135 cm³/mol. The van der Waals surface area contributed by atoms with E-state index in [0.717, 1.165) is 56.4 Å². The number of rotatable bonds is 19. The second kappa shape index (κ2) is 17.3. The van der Waals surface area contributed by atoms with Crippen molar-refractivity contribution in [3.05, 3.63) is 36.7 Å². The lowest BCUT2D eigenvalue weighted by molar-refractivity contribution is 0.260. The first-order chi connectivity index (χ1) is 16.2. The molecule has 0 saturated carbocycles. The highest BCUT2D eigenvalue weighted by atomic mass is 19.1. The lowest BCUT2D eigenvalue weighted by Crippen LogP contribution is -2.03. The zero-order valence-corrected chi connectivity index (χ0v) is 20.7. The molecule has 184 valence electrons. The fourth-order valence-electron chi connectivity index (χ4n) is 3.73. The van der Waals surface area contributed by atoms with Gasteiger partial charge in [0.1, 0.15) is 11.9 Å². The maximum absolute atomic E-state index is 13.8. The number of nitrogens with zero attached hydrogens (tertiary/aromatic N) is 2. The normalized spacial score (nSPS) is 12.0. The van der Waals surface area contributed by atoms with Gasteiger partial charge in [0.05, 0.1) is 25.6 Å². The third kappa shape index (κ3) is 12.0. The van der Waals surface area contributed by atoms with Crippen molar-refractivity contribution in [1.29, 1.82) is 0 Å². The fourth-order valence-corrected chi connectivity index (χ4v) is 3.73. The molecule has 4 nitrogen and oxygen atoms in total. The van der Waals surface area contributed by atoms with Crippen molar-refractivity contribution in [2.24, 2.45) is 0 Å². The Balaban J connectivity index is 1.62. The molecule has 0 aliphatic rings. The van der Waals surface area contributed by atoms with Crippen LogP contribution in [0.2, 0.25) is 0 Å². The van der Waals surface area contributed by atoms with E-state index in [1.807, 2.05) is 24.3 Å². The van der Waals surface area contributed by atoms with E-state index < -0.39 is 6.17 Å². The summed E-state index contributed by atoms with van der Waals surface area (Å²) in [6, 6.07) is 7.92. The number of hydrogen-bond donors (Lipinski definition) is 0. The first-order valence-corrected chi connectivity index (χ1v) is 13.0. The Hall–Kier alpha value is -2.17. The Morgan fingerprint density at radius 2 is 1.18 bits per heavy atom. The Bertz CT molecular complexity index is 722. The summed E-state index contributed by atoms with van der Waals surface area (Å²) in [5, 5.41) is 0. The second-order valence-corrected chi connectivity index (χ2v) is 8.82. The molecule has 2 rings (SSSR count). The van der Waals surface area contributed by atoms with Crippen LogP contribution in [0.3, 0.4) is 0 Å². The van der Waals surface area contributed by atoms with Crippen molar-refractivity contribution < 1.29 is 13.9 Å². The van der Waals surface area contributed by atoms with Gasteiger partial charge >= 0.3 is 0 Å². The monoisotopic (exact) mass is 458 g/mol. The molecule has 33 heavy (non-hydrogen) atoms. The van der Waals surface area contributed by atoms with E-state index in [0.29, 0.717) is 31.0 Å². The quantitative estimate of drug-likeness (QED) is 0.198. The largest absolute Gasteiger partial charge is 0.494 e. The van der Waals surface area contributed by atoms with Crippen LogP contribution < -0.4 is 9.47 Å². The average molecular weight is 459 g/mol. The van der Waals surface area contributed by atoms with Crippen molar-refractivity contribution in [3.8, 4) is 22.9 Å². The minimum Gasteiger partial charge on any atom is -0.494 e. The number of ether oxygens (including phenoxy) is 2. The van der Waals surface area contributed by atoms with Gasteiger partial charge in [-0.2, -0.15) is 0 Å². The van der Waals surface area contributed by atoms with Crippen LogP contribution in [0.1, 0.15) is 97.3 Å². The van der Waals surface area contributed by atoms with Crippen LogP contribution in [0.25, 0.3) is 11.4 Å². The molecule has 1 heterocycles. The standard InChI is InChI=1S/C28H43FN2O2/c1-3-5-7-8-9-12-20-32-26-18-16-24(17-19-26)28-30-22-27(23-31-28)33-21-13-11-15-25(29)14-10-6-4-2/h16-19,22-23,25H,3-15,20-21H2,1-2H3. The number of benzene rings is 1. The van der Waals surface area contributed by atoms with Gasteiger partial charge in [0.15, 0.2) is 11.6 Å². The molecular weight excluding hydrogens is 415 g/mol. The SMILES string of the molecule is CCCCCCCCOc1ccc(-c2ncc(OCCCCC(F)CCCCC)cn2)cc1. The maximum atomic E-state index is 13.8. The van der Waals surface area contributed by atoms with Gasteiger partial charge in [-0.1, -0.05) is 65.2 Å². The van der Waals surface area contributed by atoms with Gasteiger partial charge < -0.3 is 9.47 Å². The first kappa shape index (κ1) is 27.1. The van der Waals surface area contributed by atoms with E-state index >= 15 is 0 Å². The topological polar surface area (TPSA) is 44.2 Å². The van der Waals surface area contributed by atoms with Crippen LogP contribution in [0.15, 0.2) is 36.7 Å². The van der Waals surface area contributed by atoms with Crippen LogP contribution in [0.5, 0.6) is 11.5 Å². The second-order valence-electron chi connectivity index (χ2n) is 8.82. The molecule has 0 radical (unpaired) electrons. The minimum atomic E-state index is -0.675. The van der Waals surface area contributed by atoms with E-state index in [1.54, 1.807) is 12.4 Å². The molecule has 0 N–H and O–H groups in total. The zero-order valence-electron chi connectivity index (χ0n) is 20.7. The lowest BCUT2D eigenvalue weighted by atomic mass is 10.1. The van der Waals surface area contributed by atoms with Gasteiger partial charge in [-0.3, -0.25) is 0 Å². The molecule has 0 bridgehead atoms. The van der Waals surface area contributed by atoms with Crippen LogP contribution in [0, 0.1) is 0 Å². The highest BCUT2D eigenvalue weighted by Gasteiger charge is 2.06. The average Bonchev–Trinajstić information content (AvgIpc) is 2.84. The number of halogens is 1. The molecule has 0 fully saturated rings. The molecular formula is C28H43FN2O2. The molecule has 0 aliphatic carbocycles. The molecule has 1 aromatic carbocycles. The Labute approximate surface area is 200 Å². The van der Waals surface area contributed by atoms with E-state index in [1.165, 1.54) is 32.1 Å². The van der Waals surface area contributed by atoms with Crippen molar-refractivity contribution in [2.45, 2.75) is 103 Å². The zero-order chi connectivity index (χ0) is 23.6. The molecule has 0 saturated heterocycles. The molecule has 0 aliphatic heterocycles. The summed E-state index contributed by atoms with van der Waals surface area (Å²) in [5.74, 6) is 2.20. The molecule has 1 atom stereocenters. The Kier molecular flexibility index (Phi) is 14.2. The van der Waals surface area contributed by atoms with Gasteiger partial charge in [-0.25, -0.2) is 14.4 Å². The Morgan fingerprint density at radius 3 is 1.85 bits per heavy atom. The summed E-state index contributed by atoms with van der Waals surface area (Å²) >= 11 is 0. The molecule has 0 amide bonds. The molecule has 1 aromatic heterocycles. The van der Waals surface area contributed by atoms with Crippen molar-refractivity contribution in [1.82, 2.24) is 9.97 Å². The van der Waals surface area contributed by atoms with Crippen molar-refractivity contribution >= 4 is 0 Å². The smallest absolute Gasteiger partial charge is 0.159 e. The number of unbranched alkanes of at least 4 members (excludes halogenated alkanes) is 8. The Morgan fingerprint density at radius 1 is 0.667 bits per heavy atom. The molecule has 0 spiro atoms. The third-order valence-electron chi connectivity index (χ3n) is 5.81. The first-order valence-electron chi connectivity index (χ1n) is 13.0. The highest BCUT2D eigenvalue weighted by Crippen LogP contribution is 2.21. The summed E-state index contributed by atoms with van der Waals surface area (Å²) in [5.41, 5.74) is 0.950. The lowest BCUT2D eigenvalue weighted by Gasteiger charge is -2.09. The summed E-state index contributed by atoms with van der Waals surface area (Å²) in [6.45, 7) is 5.71. The number of aromatic nitrogens is 2.